The van der Waals surface area contributed by atoms with Crippen molar-refractivity contribution in [3.63, 3.8) is 0 Å². The SMILES string of the molecule is C=C1C(=C)[C@H]2C=C[C@H]1CC2. The van der Waals surface area contributed by atoms with E-state index in [2.05, 4.69) is 25.3 Å². The first kappa shape index (κ1) is 5.96. The van der Waals surface area contributed by atoms with E-state index < -0.39 is 0 Å². The van der Waals surface area contributed by atoms with Crippen molar-refractivity contribution in [2.45, 2.75) is 12.8 Å². The van der Waals surface area contributed by atoms with Crippen LogP contribution in [0.5, 0.6) is 0 Å². The summed E-state index contributed by atoms with van der Waals surface area (Å²) in [4.78, 5) is 0. The van der Waals surface area contributed by atoms with Crippen LogP contribution in [0.2, 0.25) is 0 Å². The molecule has 52 valence electrons. The molecule has 3 aliphatic rings. The number of allylic oxidation sites excluding steroid dienone is 4. The Morgan fingerprint density at radius 1 is 1.00 bits per heavy atom. The molecule has 0 aromatic rings. The molecule has 0 aliphatic heterocycles. The fourth-order valence-corrected chi connectivity index (χ4v) is 1.88. The number of rotatable bonds is 0. The molecule has 3 rings (SSSR count). The van der Waals surface area contributed by atoms with Gasteiger partial charge in [0.25, 0.3) is 0 Å². The highest BCUT2D eigenvalue weighted by Gasteiger charge is 2.28. The van der Waals surface area contributed by atoms with Gasteiger partial charge in [-0.2, -0.15) is 0 Å². The predicted molar refractivity (Wildman–Crippen MR) is 43.6 cm³/mol. The average Bonchev–Trinajstić information content (AvgIpc) is 2.00. The third-order valence-electron chi connectivity index (χ3n) is 2.67. The Morgan fingerprint density at radius 2 is 1.40 bits per heavy atom. The Hall–Kier alpha value is -0.780. The van der Waals surface area contributed by atoms with E-state index in [1.807, 2.05) is 0 Å². The lowest BCUT2D eigenvalue weighted by Gasteiger charge is -2.34. The van der Waals surface area contributed by atoms with Crippen molar-refractivity contribution in [3.8, 4) is 0 Å². The zero-order valence-electron chi connectivity index (χ0n) is 6.14. The lowest BCUT2D eigenvalue weighted by molar-refractivity contribution is 0.485. The van der Waals surface area contributed by atoms with Crippen LogP contribution in [-0.4, -0.2) is 0 Å². The van der Waals surface area contributed by atoms with Gasteiger partial charge in [-0.15, -0.1) is 0 Å². The molecular formula is C10H12. The minimum absolute atomic E-state index is 0.623. The summed E-state index contributed by atoms with van der Waals surface area (Å²) in [7, 11) is 0. The van der Waals surface area contributed by atoms with Crippen molar-refractivity contribution in [1.29, 1.82) is 0 Å². The van der Waals surface area contributed by atoms with Gasteiger partial charge in [-0.3, -0.25) is 0 Å². The number of fused-ring (bicyclic) bond motifs is 2. The van der Waals surface area contributed by atoms with Crippen molar-refractivity contribution in [2.24, 2.45) is 11.8 Å². The van der Waals surface area contributed by atoms with Crippen LogP contribution >= 0.6 is 0 Å². The van der Waals surface area contributed by atoms with Gasteiger partial charge in [0.2, 0.25) is 0 Å². The van der Waals surface area contributed by atoms with Gasteiger partial charge in [-0.1, -0.05) is 25.3 Å². The fraction of sp³-hybridized carbons (Fsp3) is 0.400. The molecule has 0 heteroatoms. The Labute approximate surface area is 61.9 Å². The Balaban J connectivity index is 2.42. The van der Waals surface area contributed by atoms with E-state index in [0.717, 1.165) is 0 Å². The molecule has 0 heterocycles. The molecule has 0 saturated heterocycles. The number of hydrogen-bond donors (Lipinski definition) is 0. The van der Waals surface area contributed by atoms with Crippen LogP contribution in [0.4, 0.5) is 0 Å². The van der Waals surface area contributed by atoms with Crippen molar-refractivity contribution in [2.75, 3.05) is 0 Å². The van der Waals surface area contributed by atoms with Crippen molar-refractivity contribution in [1.82, 2.24) is 0 Å². The maximum atomic E-state index is 4.03. The Kier molecular flexibility index (Phi) is 1.10. The second kappa shape index (κ2) is 1.85. The van der Waals surface area contributed by atoms with E-state index in [4.69, 9.17) is 0 Å². The van der Waals surface area contributed by atoms with Gasteiger partial charge in [0, 0.05) is 11.8 Å². The first-order valence-electron chi connectivity index (χ1n) is 3.85. The van der Waals surface area contributed by atoms with E-state index in [9.17, 15) is 0 Å². The van der Waals surface area contributed by atoms with Gasteiger partial charge in [0.05, 0.1) is 0 Å². The van der Waals surface area contributed by atoms with E-state index >= 15 is 0 Å². The molecule has 0 unspecified atom stereocenters. The molecule has 10 heavy (non-hydrogen) atoms. The molecule has 2 atom stereocenters. The maximum absolute atomic E-state index is 4.03. The highest BCUT2D eigenvalue weighted by molar-refractivity contribution is 5.41. The summed E-state index contributed by atoms with van der Waals surface area (Å²) >= 11 is 0. The normalized spacial score (nSPS) is 37.2. The van der Waals surface area contributed by atoms with Crippen LogP contribution < -0.4 is 0 Å². The Morgan fingerprint density at radius 3 is 1.60 bits per heavy atom. The standard InChI is InChI=1S/C10H12/c1-7-8(2)10-5-3-9(7)4-6-10/h3,5,9-10H,1-2,4,6H2/t9-,10-/m0/s1. The molecule has 0 nitrogen and oxygen atoms in total. The van der Waals surface area contributed by atoms with Crippen molar-refractivity contribution < 1.29 is 0 Å². The summed E-state index contributed by atoms with van der Waals surface area (Å²) < 4.78 is 0. The largest absolute Gasteiger partial charge is 0.0950 e. The molecular weight excluding hydrogens is 120 g/mol. The molecule has 0 N–H and O–H groups in total. The first-order chi connectivity index (χ1) is 4.79. The van der Waals surface area contributed by atoms with Gasteiger partial charge in [-0.05, 0) is 24.0 Å². The minimum atomic E-state index is 0.623. The molecule has 0 aromatic heterocycles. The quantitative estimate of drug-likeness (QED) is 0.444. The van der Waals surface area contributed by atoms with Gasteiger partial charge in [-0.25, -0.2) is 0 Å². The third kappa shape index (κ3) is 0.620. The summed E-state index contributed by atoms with van der Waals surface area (Å²) in [5.74, 6) is 1.25. The smallest absolute Gasteiger partial charge is 0.00153 e. The van der Waals surface area contributed by atoms with Crippen LogP contribution in [0.1, 0.15) is 12.8 Å². The van der Waals surface area contributed by atoms with Gasteiger partial charge < -0.3 is 0 Å². The van der Waals surface area contributed by atoms with Gasteiger partial charge in [0.1, 0.15) is 0 Å². The van der Waals surface area contributed by atoms with Crippen LogP contribution in [-0.2, 0) is 0 Å². The van der Waals surface area contributed by atoms with Crippen LogP contribution in [0.15, 0.2) is 36.5 Å². The highest BCUT2D eigenvalue weighted by atomic mass is 14.3. The predicted octanol–water partition coefficient (Wildman–Crippen LogP) is 2.69. The summed E-state index contributed by atoms with van der Waals surface area (Å²) in [5.41, 5.74) is 2.55. The average molecular weight is 132 g/mol. The van der Waals surface area contributed by atoms with Crippen molar-refractivity contribution >= 4 is 0 Å². The lowest BCUT2D eigenvalue weighted by atomic mass is 9.71. The molecule has 3 aliphatic carbocycles. The molecule has 2 bridgehead atoms. The van der Waals surface area contributed by atoms with Gasteiger partial charge in [0.15, 0.2) is 0 Å². The fourth-order valence-electron chi connectivity index (χ4n) is 1.88. The zero-order chi connectivity index (χ0) is 7.14. The van der Waals surface area contributed by atoms with E-state index in [0.29, 0.717) is 11.8 Å². The summed E-state index contributed by atoms with van der Waals surface area (Å²) in [6.07, 6.45) is 7.15. The Bertz CT molecular complexity index is 196. The second-order valence-corrected chi connectivity index (χ2v) is 3.23. The number of hydrogen-bond acceptors (Lipinski definition) is 0. The van der Waals surface area contributed by atoms with Crippen LogP contribution in [0.3, 0.4) is 0 Å². The lowest BCUT2D eigenvalue weighted by Crippen LogP contribution is -2.21. The first-order valence-corrected chi connectivity index (χ1v) is 3.85. The monoisotopic (exact) mass is 132 g/mol. The highest BCUT2D eigenvalue weighted by Crippen LogP contribution is 2.41. The van der Waals surface area contributed by atoms with E-state index in [1.54, 1.807) is 0 Å². The topological polar surface area (TPSA) is 0 Å². The summed E-state index contributed by atoms with van der Waals surface area (Å²) in [6.45, 7) is 8.05. The maximum Gasteiger partial charge on any atom is 0.00153 e. The van der Waals surface area contributed by atoms with Crippen molar-refractivity contribution in [3.05, 3.63) is 36.5 Å². The summed E-state index contributed by atoms with van der Waals surface area (Å²) in [5, 5.41) is 0. The summed E-state index contributed by atoms with van der Waals surface area (Å²) in [6, 6.07) is 0. The van der Waals surface area contributed by atoms with E-state index in [-0.39, 0.29) is 0 Å². The molecule has 1 saturated carbocycles. The molecule has 0 aromatic carbocycles. The van der Waals surface area contributed by atoms with E-state index in [1.165, 1.54) is 24.0 Å². The minimum Gasteiger partial charge on any atom is -0.0950 e. The van der Waals surface area contributed by atoms with Crippen LogP contribution in [0, 0.1) is 11.8 Å². The van der Waals surface area contributed by atoms with Gasteiger partial charge >= 0.3 is 0 Å². The molecule has 0 amide bonds. The molecule has 0 spiro atoms. The third-order valence-corrected chi connectivity index (χ3v) is 2.67. The van der Waals surface area contributed by atoms with Crippen LogP contribution in [0.25, 0.3) is 0 Å². The second-order valence-electron chi connectivity index (χ2n) is 3.23. The molecule has 0 radical (unpaired) electrons. The zero-order valence-corrected chi connectivity index (χ0v) is 6.14. The molecule has 1 fully saturated rings.